The molecule has 3 aromatic carbocycles. The van der Waals surface area contributed by atoms with Crippen LogP contribution in [0.5, 0.6) is 0 Å². The zero-order chi connectivity index (χ0) is 18.7. The summed E-state index contributed by atoms with van der Waals surface area (Å²) in [6, 6.07) is 18.9. The van der Waals surface area contributed by atoms with Crippen molar-refractivity contribution in [1.29, 1.82) is 0 Å². The van der Waals surface area contributed by atoms with Crippen molar-refractivity contribution < 1.29 is 19.1 Å². The molecule has 3 aromatic rings. The molecular formula is C21H14BrFO3. The molecule has 0 aliphatic carbocycles. The van der Waals surface area contributed by atoms with Crippen molar-refractivity contribution >= 4 is 27.7 Å². The smallest absolute Gasteiger partial charge is 0.315 e. The van der Waals surface area contributed by atoms with Crippen molar-refractivity contribution in [3.63, 3.8) is 0 Å². The molecule has 0 saturated carbocycles. The predicted octanol–water partition coefficient (Wildman–Crippen LogP) is 5.04. The second-order valence-electron chi connectivity index (χ2n) is 5.78. The van der Waals surface area contributed by atoms with Crippen LogP contribution in [0.3, 0.4) is 0 Å². The number of benzene rings is 3. The Morgan fingerprint density at radius 2 is 1.19 bits per heavy atom. The van der Waals surface area contributed by atoms with Crippen LogP contribution < -0.4 is 0 Å². The first-order valence-corrected chi connectivity index (χ1v) is 8.63. The average molecular weight is 413 g/mol. The molecule has 0 radical (unpaired) electrons. The summed E-state index contributed by atoms with van der Waals surface area (Å²) in [6.07, 6.45) is 0. The molecule has 1 N–H and O–H groups in total. The summed E-state index contributed by atoms with van der Waals surface area (Å²) in [7, 11) is 0. The number of halogens is 2. The van der Waals surface area contributed by atoms with E-state index in [1.807, 2.05) is 0 Å². The van der Waals surface area contributed by atoms with Crippen LogP contribution in [0, 0.1) is 5.82 Å². The molecule has 1 unspecified atom stereocenters. The maximum absolute atomic E-state index is 13.0. The summed E-state index contributed by atoms with van der Waals surface area (Å²) in [6.45, 7) is 0. The minimum Gasteiger partial charge on any atom is -0.481 e. The van der Waals surface area contributed by atoms with Gasteiger partial charge in [0.05, 0.1) is 0 Å². The van der Waals surface area contributed by atoms with Crippen molar-refractivity contribution in [2.45, 2.75) is 5.92 Å². The molecule has 5 heteroatoms. The van der Waals surface area contributed by atoms with Crippen molar-refractivity contribution in [2.75, 3.05) is 0 Å². The van der Waals surface area contributed by atoms with Crippen LogP contribution in [0.2, 0.25) is 0 Å². The number of carboxylic acid groups (broad SMARTS) is 1. The quantitative estimate of drug-likeness (QED) is 0.597. The molecule has 0 fully saturated rings. The van der Waals surface area contributed by atoms with Gasteiger partial charge in [-0.15, -0.1) is 0 Å². The van der Waals surface area contributed by atoms with Gasteiger partial charge in [-0.05, 0) is 47.5 Å². The zero-order valence-corrected chi connectivity index (χ0v) is 15.1. The van der Waals surface area contributed by atoms with Crippen molar-refractivity contribution in [3.8, 4) is 0 Å². The SMILES string of the molecule is O=C(c1ccc(F)cc1)c1ccc(C(C(=O)O)c2ccc(Br)cc2)cc1. The molecule has 3 nitrogen and oxygen atoms in total. The van der Waals surface area contributed by atoms with Gasteiger partial charge >= 0.3 is 5.97 Å². The Kier molecular flexibility index (Phi) is 5.28. The lowest BCUT2D eigenvalue weighted by Crippen LogP contribution is -2.13. The van der Waals surface area contributed by atoms with Gasteiger partial charge in [0.15, 0.2) is 5.78 Å². The van der Waals surface area contributed by atoms with Crippen molar-refractivity contribution in [3.05, 3.63) is 105 Å². The zero-order valence-electron chi connectivity index (χ0n) is 13.5. The maximum Gasteiger partial charge on any atom is 0.315 e. The Bertz CT molecular complexity index is 933. The fourth-order valence-electron chi connectivity index (χ4n) is 2.73. The highest BCUT2D eigenvalue weighted by atomic mass is 79.9. The Morgan fingerprint density at radius 1 is 0.769 bits per heavy atom. The van der Waals surface area contributed by atoms with Crippen LogP contribution in [-0.2, 0) is 4.79 Å². The molecule has 0 amide bonds. The van der Waals surface area contributed by atoms with Gasteiger partial charge < -0.3 is 5.11 Å². The number of hydrogen-bond donors (Lipinski definition) is 1. The first-order chi connectivity index (χ1) is 12.5. The van der Waals surface area contributed by atoms with Gasteiger partial charge in [0, 0.05) is 15.6 Å². The van der Waals surface area contributed by atoms with E-state index in [0.717, 1.165) is 4.47 Å². The van der Waals surface area contributed by atoms with Gasteiger partial charge in [-0.3, -0.25) is 9.59 Å². The van der Waals surface area contributed by atoms with Crippen LogP contribution in [0.1, 0.15) is 33.0 Å². The van der Waals surface area contributed by atoms with E-state index in [-0.39, 0.29) is 5.78 Å². The Labute approximate surface area is 158 Å². The highest BCUT2D eigenvalue weighted by molar-refractivity contribution is 9.10. The van der Waals surface area contributed by atoms with Gasteiger partial charge in [0.1, 0.15) is 11.7 Å². The normalized spacial score (nSPS) is 11.8. The largest absolute Gasteiger partial charge is 0.481 e. The summed E-state index contributed by atoms with van der Waals surface area (Å²) < 4.78 is 13.9. The predicted molar refractivity (Wildman–Crippen MR) is 99.9 cm³/mol. The van der Waals surface area contributed by atoms with Crippen molar-refractivity contribution in [1.82, 2.24) is 0 Å². The van der Waals surface area contributed by atoms with E-state index in [1.165, 1.54) is 24.3 Å². The fourth-order valence-corrected chi connectivity index (χ4v) is 2.99. The number of carbonyl (C=O) groups excluding carboxylic acids is 1. The topological polar surface area (TPSA) is 54.4 Å². The van der Waals surface area contributed by atoms with Gasteiger partial charge in [-0.25, -0.2) is 4.39 Å². The van der Waals surface area contributed by atoms with E-state index in [1.54, 1.807) is 48.5 Å². The molecular weight excluding hydrogens is 399 g/mol. The standard InChI is InChI=1S/C21H14BrFO3/c22-17-9-5-14(6-10-17)19(21(25)26)13-1-3-15(4-2-13)20(24)16-7-11-18(23)12-8-16/h1-12,19H,(H,25,26). The lowest BCUT2D eigenvalue weighted by molar-refractivity contribution is -0.137. The highest BCUT2D eigenvalue weighted by Crippen LogP contribution is 2.27. The van der Waals surface area contributed by atoms with Crippen LogP contribution in [0.15, 0.2) is 77.3 Å². The molecule has 0 aliphatic heterocycles. The summed E-state index contributed by atoms with van der Waals surface area (Å²) >= 11 is 3.33. The third-order valence-corrected chi connectivity index (χ3v) is 4.59. The van der Waals surface area contributed by atoms with E-state index in [4.69, 9.17) is 0 Å². The van der Waals surface area contributed by atoms with Crippen molar-refractivity contribution in [2.24, 2.45) is 0 Å². The lowest BCUT2D eigenvalue weighted by atomic mass is 9.90. The highest BCUT2D eigenvalue weighted by Gasteiger charge is 2.22. The number of aliphatic carboxylic acids is 1. The molecule has 0 heterocycles. The fraction of sp³-hybridized carbons (Fsp3) is 0.0476. The van der Waals surface area contributed by atoms with Crippen LogP contribution >= 0.6 is 15.9 Å². The third-order valence-electron chi connectivity index (χ3n) is 4.06. The van der Waals surface area contributed by atoms with Gasteiger partial charge in [0.2, 0.25) is 0 Å². The third kappa shape index (κ3) is 3.89. The molecule has 3 rings (SSSR count). The van der Waals surface area contributed by atoms with E-state index in [2.05, 4.69) is 15.9 Å². The number of ketones is 1. The molecule has 0 bridgehead atoms. The Hall–Kier alpha value is -2.79. The first kappa shape index (κ1) is 18.0. The molecule has 0 spiro atoms. The van der Waals surface area contributed by atoms with Crippen LogP contribution in [0.25, 0.3) is 0 Å². The number of carbonyl (C=O) groups is 2. The van der Waals surface area contributed by atoms with E-state index in [0.29, 0.717) is 22.3 Å². The summed E-state index contributed by atoms with van der Waals surface area (Å²) in [5.41, 5.74) is 2.02. The van der Waals surface area contributed by atoms with Crippen LogP contribution in [0.4, 0.5) is 4.39 Å². The number of rotatable bonds is 5. The molecule has 0 aliphatic rings. The summed E-state index contributed by atoms with van der Waals surface area (Å²) in [5.74, 6) is -2.44. The summed E-state index contributed by atoms with van der Waals surface area (Å²) in [5, 5.41) is 9.62. The van der Waals surface area contributed by atoms with Gasteiger partial charge in [-0.2, -0.15) is 0 Å². The van der Waals surface area contributed by atoms with E-state index < -0.39 is 17.7 Å². The molecule has 26 heavy (non-hydrogen) atoms. The van der Waals surface area contributed by atoms with E-state index >= 15 is 0 Å². The minimum atomic E-state index is -0.968. The summed E-state index contributed by atoms with van der Waals surface area (Å²) in [4.78, 5) is 24.2. The molecule has 1 atom stereocenters. The maximum atomic E-state index is 13.0. The lowest BCUT2D eigenvalue weighted by Gasteiger charge is -2.14. The monoisotopic (exact) mass is 412 g/mol. The number of carboxylic acids is 1. The Balaban J connectivity index is 1.89. The van der Waals surface area contributed by atoms with Crippen LogP contribution in [-0.4, -0.2) is 16.9 Å². The van der Waals surface area contributed by atoms with Gasteiger partial charge in [-0.1, -0.05) is 52.3 Å². The first-order valence-electron chi connectivity index (χ1n) is 7.84. The minimum absolute atomic E-state index is 0.243. The average Bonchev–Trinajstić information content (AvgIpc) is 2.64. The molecule has 0 saturated heterocycles. The molecule has 130 valence electrons. The van der Waals surface area contributed by atoms with E-state index in [9.17, 15) is 19.1 Å². The van der Waals surface area contributed by atoms with Gasteiger partial charge in [0.25, 0.3) is 0 Å². The Morgan fingerprint density at radius 3 is 1.65 bits per heavy atom. The second-order valence-corrected chi connectivity index (χ2v) is 6.70. The molecule has 0 aromatic heterocycles. The second kappa shape index (κ2) is 7.62. The number of hydrogen-bond acceptors (Lipinski definition) is 2.